The van der Waals surface area contributed by atoms with Crippen molar-refractivity contribution in [2.45, 2.75) is 58.2 Å². The molecule has 0 rings (SSSR count). The second-order valence-electron chi connectivity index (χ2n) is 4.86. The first-order valence-electron chi connectivity index (χ1n) is 5.59. The van der Waals surface area contributed by atoms with Crippen molar-refractivity contribution in [1.82, 2.24) is 0 Å². The molecule has 0 aliphatic carbocycles. The van der Waals surface area contributed by atoms with E-state index in [2.05, 4.69) is 64.1 Å². The van der Waals surface area contributed by atoms with Gasteiger partial charge in [0.05, 0.1) is 0 Å². The van der Waals surface area contributed by atoms with Gasteiger partial charge in [-0.15, -0.1) is 0 Å². The maximum Gasteiger partial charge on any atom is 0.200 e. The van der Waals surface area contributed by atoms with E-state index >= 15 is 0 Å². The molecule has 0 aromatic heterocycles. The van der Waals surface area contributed by atoms with Gasteiger partial charge in [-0.25, -0.2) is 0 Å². The highest BCUT2D eigenvalue weighted by atomic mass is 127. The van der Waals surface area contributed by atoms with Crippen molar-refractivity contribution in [3.05, 3.63) is 0 Å². The molecule has 0 amide bonds. The average molecular weight is 328 g/mol. The zero-order chi connectivity index (χ0) is 11.4. The average Bonchev–Trinajstić information content (AvgIpc) is 2.03. The number of halogens is 1. The van der Waals surface area contributed by atoms with Crippen LogP contribution in [0.5, 0.6) is 0 Å². The Bertz CT molecular complexity index is 136. The lowest BCUT2D eigenvalue weighted by atomic mass is 10.5. The normalized spacial score (nSPS) is 13.3. The Kier molecular flexibility index (Phi) is 6.90. The minimum absolute atomic E-state index is 0.713. The fraction of sp³-hybridized carbons (Fsp3) is 1.00. The molecule has 0 saturated carbocycles. The van der Waals surface area contributed by atoms with Crippen molar-refractivity contribution in [2.75, 3.05) is 11.0 Å². The van der Waals surface area contributed by atoms with E-state index in [1.807, 2.05) is 0 Å². The molecule has 86 valence electrons. The Hall–Kier alpha value is 0.907. The van der Waals surface area contributed by atoms with Crippen LogP contribution in [-0.4, -0.2) is 19.4 Å². The van der Waals surface area contributed by atoms with Crippen LogP contribution in [-0.2, 0) is 4.43 Å². The highest BCUT2D eigenvalue weighted by Crippen LogP contribution is 2.42. The molecular weight excluding hydrogens is 303 g/mol. The number of rotatable bonds is 6. The third-order valence-corrected chi connectivity index (χ3v) is 9.70. The molecule has 3 heteroatoms. The first kappa shape index (κ1) is 14.9. The van der Waals surface area contributed by atoms with E-state index in [-0.39, 0.29) is 0 Å². The Balaban J connectivity index is 4.76. The quantitative estimate of drug-likeness (QED) is 0.393. The van der Waals surface area contributed by atoms with Crippen LogP contribution in [0.1, 0.15) is 41.5 Å². The van der Waals surface area contributed by atoms with Gasteiger partial charge in [-0.05, 0) is 16.6 Å². The van der Waals surface area contributed by atoms with Crippen LogP contribution in [0.4, 0.5) is 0 Å². The zero-order valence-electron chi connectivity index (χ0n) is 10.4. The third-order valence-electron chi connectivity index (χ3n) is 3.14. The van der Waals surface area contributed by atoms with Gasteiger partial charge in [0.15, 0.2) is 8.32 Å². The zero-order valence-corrected chi connectivity index (χ0v) is 13.6. The van der Waals surface area contributed by atoms with Crippen molar-refractivity contribution in [3.8, 4) is 0 Å². The molecule has 0 N–H and O–H groups in total. The summed E-state index contributed by atoms with van der Waals surface area (Å²) in [4.78, 5) is 0. The van der Waals surface area contributed by atoms with E-state index < -0.39 is 8.32 Å². The van der Waals surface area contributed by atoms with E-state index in [1.165, 1.54) is 0 Å². The topological polar surface area (TPSA) is 9.23 Å². The molecular formula is C11H25IOSi. The predicted molar refractivity (Wildman–Crippen MR) is 75.9 cm³/mol. The van der Waals surface area contributed by atoms with Crippen LogP contribution < -0.4 is 0 Å². The minimum atomic E-state index is -1.55. The Morgan fingerprint density at radius 3 is 1.50 bits per heavy atom. The molecule has 1 nitrogen and oxygen atoms in total. The van der Waals surface area contributed by atoms with Crippen molar-refractivity contribution in [1.29, 1.82) is 0 Å². The molecule has 0 aromatic rings. The van der Waals surface area contributed by atoms with Crippen LogP contribution >= 0.6 is 22.6 Å². The molecule has 0 aromatic carbocycles. The fourth-order valence-corrected chi connectivity index (χ4v) is 8.81. The lowest BCUT2D eigenvalue weighted by Crippen LogP contribution is -2.48. The maximum atomic E-state index is 6.29. The summed E-state index contributed by atoms with van der Waals surface area (Å²) in [5, 5.41) is 0. The molecule has 0 spiro atoms. The van der Waals surface area contributed by atoms with Crippen LogP contribution in [0.25, 0.3) is 0 Å². The largest absolute Gasteiger partial charge is 0.415 e. The van der Waals surface area contributed by atoms with E-state index in [4.69, 9.17) is 4.43 Å². The smallest absolute Gasteiger partial charge is 0.200 e. The fourth-order valence-electron chi connectivity index (χ4n) is 2.72. The monoisotopic (exact) mass is 328 g/mol. The van der Waals surface area contributed by atoms with Crippen LogP contribution in [0, 0.1) is 0 Å². The van der Waals surface area contributed by atoms with Gasteiger partial charge in [0.1, 0.15) is 0 Å². The highest BCUT2D eigenvalue weighted by Gasteiger charge is 2.44. The number of hydrogen-bond donors (Lipinski definition) is 0. The molecule has 0 aliphatic heterocycles. The molecule has 0 fully saturated rings. The van der Waals surface area contributed by atoms with Gasteiger partial charge in [0, 0.05) is 11.0 Å². The molecule has 0 unspecified atom stereocenters. The van der Waals surface area contributed by atoms with Crippen molar-refractivity contribution in [3.63, 3.8) is 0 Å². The Morgan fingerprint density at radius 1 is 0.929 bits per heavy atom. The number of hydrogen-bond acceptors (Lipinski definition) is 1. The SMILES string of the molecule is CC(C)[Si](OCCI)(C(C)C)C(C)C. The molecule has 0 heterocycles. The van der Waals surface area contributed by atoms with Gasteiger partial charge >= 0.3 is 0 Å². The molecule has 0 aliphatic rings. The standard InChI is InChI=1S/C11H25IOSi/c1-9(2)14(10(3)4,11(5)6)13-8-7-12/h9-11H,7-8H2,1-6H3. The Labute approximate surface area is 104 Å². The Morgan fingerprint density at radius 2 is 1.29 bits per heavy atom. The summed E-state index contributed by atoms with van der Waals surface area (Å²) in [5.41, 5.74) is 2.14. The summed E-state index contributed by atoms with van der Waals surface area (Å²) >= 11 is 2.39. The lowest BCUT2D eigenvalue weighted by Gasteiger charge is -2.42. The van der Waals surface area contributed by atoms with Gasteiger partial charge in [-0.1, -0.05) is 64.1 Å². The van der Waals surface area contributed by atoms with Crippen LogP contribution in [0.3, 0.4) is 0 Å². The molecule has 0 radical (unpaired) electrons. The van der Waals surface area contributed by atoms with Crippen LogP contribution in [0.2, 0.25) is 16.6 Å². The molecule has 0 saturated heterocycles. The van der Waals surface area contributed by atoms with Gasteiger partial charge in [-0.2, -0.15) is 0 Å². The first-order chi connectivity index (χ1) is 6.39. The lowest BCUT2D eigenvalue weighted by molar-refractivity contribution is 0.302. The van der Waals surface area contributed by atoms with Gasteiger partial charge in [0.2, 0.25) is 0 Å². The second kappa shape index (κ2) is 6.48. The van der Waals surface area contributed by atoms with Gasteiger partial charge in [0.25, 0.3) is 0 Å². The number of alkyl halides is 1. The van der Waals surface area contributed by atoms with Gasteiger partial charge < -0.3 is 4.43 Å². The maximum absolute atomic E-state index is 6.29. The predicted octanol–water partition coefficient (Wildman–Crippen LogP) is 4.61. The molecule has 0 atom stereocenters. The first-order valence-corrected chi connectivity index (χ1v) is 9.26. The summed E-state index contributed by atoms with van der Waals surface area (Å²) in [6.45, 7) is 14.9. The van der Waals surface area contributed by atoms with E-state index in [0.717, 1.165) is 11.0 Å². The van der Waals surface area contributed by atoms with Crippen molar-refractivity contribution >= 4 is 30.9 Å². The summed E-state index contributed by atoms with van der Waals surface area (Å²) in [6, 6.07) is 0. The summed E-state index contributed by atoms with van der Waals surface area (Å²) in [5.74, 6) is 0. The molecule has 0 bridgehead atoms. The van der Waals surface area contributed by atoms with Crippen LogP contribution in [0.15, 0.2) is 0 Å². The van der Waals surface area contributed by atoms with Crippen molar-refractivity contribution < 1.29 is 4.43 Å². The summed E-state index contributed by atoms with van der Waals surface area (Å²) in [6.07, 6.45) is 0. The van der Waals surface area contributed by atoms with Gasteiger partial charge in [-0.3, -0.25) is 0 Å². The van der Waals surface area contributed by atoms with E-state index in [1.54, 1.807) is 0 Å². The van der Waals surface area contributed by atoms with Crippen molar-refractivity contribution in [2.24, 2.45) is 0 Å². The molecule has 14 heavy (non-hydrogen) atoms. The van der Waals surface area contributed by atoms with E-state index in [9.17, 15) is 0 Å². The second-order valence-corrected chi connectivity index (χ2v) is 11.4. The minimum Gasteiger partial charge on any atom is -0.415 e. The highest BCUT2D eigenvalue weighted by molar-refractivity contribution is 14.1. The van der Waals surface area contributed by atoms with E-state index in [0.29, 0.717) is 16.6 Å². The third kappa shape index (κ3) is 3.20. The summed E-state index contributed by atoms with van der Waals surface area (Å²) in [7, 11) is -1.55. The summed E-state index contributed by atoms with van der Waals surface area (Å²) < 4.78 is 7.40.